The molecule has 0 aliphatic heterocycles. The summed E-state index contributed by atoms with van der Waals surface area (Å²) in [6.45, 7) is 2.06. The van der Waals surface area contributed by atoms with E-state index in [4.69, 9.17) is 16.3 Å². The van der Waals surface area contributed by atoms with Gasteiger partial charge in [0.2, 0.25) is 0 Å². The van der Waals surface area contributed by atoms with E-state index in [1.165, 1.54) is 23.8 Å². The highest BCUT2D eigenvalue weighted by Crippen LogP contribution is 2.26. The first-order valence-electron chi connectivity index (χ1n) is 7.70. The molecule has 8 heteroatoms. The molecule has 0 bridgehead atoms. The quantitative estimate of drug-likeness (QED) is 0.434. The fraction of sp³-hybridized carbons (Fsp3) is 0.235. The van der Waals surface area contributed by atoms with Crippen LogP contribution in [0, 0.1) is 10.1 Å². The van der Waals surface area contributed by atoms with Gasteiger partial charge in [-0.1, -0.05) is 37.1 Å². The molecule has 2 N–H and O–H groups in total. The number of nitrogens with zero attached hydrogens (tertiary/aromatic N) is 1. The van der Waals surface area contributed by atoms with Crippen LogP contribution < -0.4 is 15.4 Å². The first kappa shape index (κ1) is 18.5. The Kier molecular flexibility index (Phi) is 6.59. The number of nitro groups is 1. The minimum atomic E-state index is -0.579. The van der Waals surface area contributed by atoms with Crippen LogP contribution in [0.15, 0.2) is 42.5 Å². The Balaban J connectivity index is 1.84. The number of nitro benzene ring substituents is 1. The van der Waals surface area contributed by atoms with Crippen LogP contribution in [-0.2, 0) is 6.42 Å². The average molecular weight is 364 g/mol. The highest BCUT2D eigenvalue weighted by Gasteiger charge is 2.11. The fourth-order valence-electron chi connectivity index (χ4n) is 2.12. The summed E-state index contributed by atoms with van der Waals surface area (Å²) in [5.41, 5.74) is 1.21. The van der Waals surface area contributed by atoms with Crippen molar-refractivity contribution in [1.29, 1.82) is 0 Å². The summed E-state index contributed by atoms with van der Waals surface area (Å²) in [7, 11) is 0. The van der Waals surface area contributed by atoms with Crippen molar-refractivity contribution >= 4 is 29.0 Å². The third-order valence-electron chi connectivity index (χ3n) is 3.34. The molecule has 0 saturated carbocycles. The zero-order valence-corrected chi connectivity index (χ0v) is 14.4. The molecule has 0 aliphatic carbocycles. The van der Waals surface area contributed by atoms with Gasteiger partial charge < -0.3 is 15.4 Å². The Morgan fingerprint density at radius 1 is 1.24 bits per heavy atom. The number of benzene rings is 2. The van der Waals surface area contributed by atoms with Gasteiger partial charge in [-0.2, -0.15) is 0 Å². The maximum atomic E-state index is 11.8. The highest BCUT2D eigenvalue weighted by atomic mass is 35.5. The maximum absolute atomic E-state index is 11.8. The van der Waals surface area contributed by atoms with Crippen molar-refractivity contribution in [2.75, 3.05) is 12.0 Å². The molecule has 7 nitrogen and oxygen atoms in total. The smallest absolute Gasteiger partial charge is 0.321 e. The Morgan fingerprint density at radius 3 is 2.60 bits per heavy atom. The Bertz CT molecular complexity index is 750. The van der Waals surface area contributed by atoms with Crippen molar-refractivity contribution < 1.29 is 14.5 Å². The van der Waals surface area contributed by atoms with Gasteiger partial charge in [0.1, 0.15) is 5.75 Å². The lowest BCUT2D eigenvalue weighted by molar-refractivity contribution is -0.384. The fourth-order valence-corrected chi connectivity index (χ4v) is 2.28. The van der Waals surface area contributed by atoms with Crippen LogP contribution in [0.25, 0.3) is 0 Å². The number of non-ortho nitro benzene ring substituents is 1. The van der Waals surface area contributed by atoms with E-state index in [-0.39, 0.29) is 23.1 Å². The lowest BCUT2D eigenvalue weighted by Gasteiger charge is -2.10. The van der Waals surface area contributed by atoms with E-state index in [9.17, 15) is 14.9 Å². The topological polar surface area (TPSA) is 93.5 Å². The first-order chi connectivity index (χ1) is 12.0. The number of hydrogen-bond acceptors (Lipinski definition) is 4. The van der Waals surface area contributed by atoms with Gasteiger partial charge in [0.15, 0.2) is 6.73 Å². The van der Waals surface area contributed by atoms with E-state index in [0.29, 0.717) is 5.75 Å². The van der Waals surface area contributed by atoms with Crippen LogP contribution in [-0.4, -0.2) is 17.7 Å². The SMILES string of the molecule is CCCc1ccc(OCNC(=O)Nc2cc([N+](=O)[O-])ccc2Cl)cc1. The molecule has 0 fully saturated rings. The van der Waals surface area contributed by atoms with Crippen molar-refractivity contribution in [3.05, 3.63) is 63.2 Å². The number of hydrogen-bond donors (Lipinski definition) is 2. The third-order valence-corrected chi connectivity index (χ3v) is 3.67. The van der Waals surface area contributed by atoms with Gasteiger partial charge in [0, 0.05) is 12.1 Å². The van der Waals surface area contributed by atoms with Gasteiger partial charge >= 0.3 is 6.03 Å². The molecule has 2 aromatic rings. The van der Waals surface area contributed by atoms with Gasteiger partial charge in [-0.05, 0) is 30.2 Å². The van der Waals surface area contributed by atoms with Gasteiger partial charge in [0.05, 0.1) is 15.6 Å². The van der Waals surface area contributed by atoms with Crippen LogP contribution >= 0.6 is 11.6 Å². The zero-order valence-electron chi connectivity index (χ0n) is 13.6. The molecule has 132 valence electrons. The van der Waals surface area contributed by atoms with Gasteiger partial charge in [-0.15, -0.1) is 0 Å². The van der Waals surface area contributed by atoms with Crippen molar-refractivity contribution in [2.24, 2.45) is 0 Å². The second kappa shape index (κ2) is 8.89. The molecule has 0 heterocycles. The molecule has 25 heavy (non-hydrogen) atoms. The normalized spacial score (nSPS) is 10.2. The lowest BCUT2D eigenvalue weighted by atomic mass is 10.1. The Hall–Kier alpha value is -2.80. The Morgan fingerprint density at radius 2 is 1.96 bits per heavy atom. The Labute approximate surface area is 150 Å². The van der Waals surface area contributed by atoms with E-state index < -0.39 is 11.0 Å². The summed E-state index contributed by atoms with van der Waals surface area (Å²) in [5, 5.41) is 15.9. The zero-order chi connectivity index (χ0) is 18.2. The standard InChI is InChI=1S/C17H18ClN3O4/c1-2-3-12-4-7-14(8-5-12)25-11-19-17(22)20-16-10-13(21(23)24)6-9-15(16)18/h4-10H,2-3,11H2,1H3,(H2,19,20,22). The third kappa shape index (κ3) is 5.65. The molecule has 2 rings (SSSR count). The molecule has 0 unspecified atom stereocenters. The van der Waals surface area contributed by atoms with Gasteiger partial charge in [0.25, 0.3) is 5.69 Å². The van der Waals surface area contributed by atoms with E-state index in [0.717, 1.165) is 12.8 Å². The molecule has 0 spiro atoms. The summed E-state index contributed by atoms with van der Waals surface area (Å²) < 4.78 is 5.43. The number of anilines is 1. The van der Waals surface area contributed by atoms with Crippen molar-refractivity contribution in [3.8, 4) is 5.75 Å². The highest BCUT2D eigenvalue weighted by molar-refractivity contribution is 6.33. The van der Waals surface area contributed by atoms with Gasteiger partial charge in [-0.25, -0.2) is 4.79 Å². The second-order valence-corrected chi connectivity index (χ2v) is 5.64. The summed E-state index contributed by atoms with van der Waals surface area (Å²) in [6, 6.07) is 10.8. The second-order valence-electron chi connectivity index (χ2n) is 5.23. The molecular formula is C17H18ClN3O4. The number of aryl methyl sites for hydroxylation is 1. The largest absolute Gasteiger partial charge is 0.473 e. The number of rotatable bonds is 7. The average Bonchev–Trinajstić information content (AvgIpc) is 2.58. The molecule has 2 aromatic carbocycles. The summed E-state index contributed by atoms with van der Waals surface area (Å²) in [5.74, 6) is 0.633. The minimum absolute atomic E-state index is 0.0501. The molecular weight excluding hydrogens is 346 g/mol. The number of carbonyl (C=O) groups excluding carboxylic acids is 1. The predicted octanol–water partition coefficient (Wildman–Crippen LogP) is 4.36. The van der Waals surface area contributed by atoms with Crippen LogP contribution in [0.5, 0.6) is 5.75 Å². The maximum Gasteiger partial charge on any atom is 0.321 e. The lowest BCUT2D eigenvalue weighted by Crippen LogP contribution is -2.32. The number of nitrogens with one attached hydrogen (secondary N) is 2. The van der Waals surface area contributed by atoms with Crippen LogP contribution in [0.2, 0.25) is 5.02 Å². The van der Waals surface area contributed by atoms with Crippen molar-refractivity contribution in [1.82, 2.24) is 5.32 Å². The molecule has 0 atom stereocenters. The number of urea groups is 1. The van der Waals surface area contributed by atoms with E-state index in [1.54, 1.807) is 0 Å². The summed E-state index contributed by atoms with van der Waals surface area (Å²) >= 11 is 5.92. The minimum Gasteiger partial charge on any atom is -0.473 e. The van der Waals surface area contributed by atoms with Crippen LogP contribution in [0.1, 0.15) is 18.9 Å². The molecule has 2 amide bonds. The van der Waals surface area contributed by atoms with Crippen LogP contribution in [0.4, 0.5) is 16.2 Å². The molecule has 0 radical (unpaired) electrons. The predicted molar refractivity (Wildman–Crippen MR) is 96.2 cm³/mol. The summed E-state index contributed by atoms with van der Waals surface area (Å²) in [6.07, 6.45) is 2.08. The van der Waals surface area contributed by atoms with E-state index in [2.05, 4.69) is 17.6 Å². The number of carbonyl (C=O) groups is 1. The van der Waals surface area contributed by atoms with Crippen molar-refractivity contribution in [3.63, 3.8) is 0 Å². The number of ether oxygens (including phenoxy) is 1. The molecule has 0 aliphatic rings. The number of halogens is 1. The first-order valence-corrected chi connectivity index (χ1v) is 8.08. The van der Waals surface area contributed by atoms with Crippen molar-refractivity contribution in [2.45, 2.75) is 19.8 Å². The molecule has 0 saturated heterocycles. The van der Waals surface area contributed by atoms with Crippen LogP contribution in [0.3, 0.4) is 0 Å². The van der Waals surface area contributed by atoms with Gasteiger partial charge in [-0.3, -0.25) is 10.1 Å². The molecule has 0 aromatic heterocycles. The summed E-state index contributed by atoms with van der Waals surface area (Å²) in [4.78, 5) is 22.0. The van der Waals surface area contributed by atoms with E-state index in [1.807, 2.05) is 24.3 Å². The monoisotopic (exact) mass is 363 g/mol. The van der Waals surface area contributed by atoms with E-state index >= 15 is 0 Å². The number of amides is 2.